The molecule has 0 aromatic carbocycles. The van der Waals surface area contributed by atoms with Crippen LogP contribution in [0.4, 0.5) is 0 Å². The monoisotopic (exact) mass is 134 g/mol. The third-order valence-corrected chi connectivity index (χ3v) is 1.91. The maximum Gasteiger partial charge on any atom is 0.0255 e. The van der Waals surface area contributed by atoms with Crippen molar-refractivity contribution in [3.63, 3.8) is 0 Å². The van der Waals surface area contributed by atoms with Crippen LogP contribution in [0.3, 0.4) is 0 Å². The lowest BCUT2D eigenvalue weighted by Gasteiger charge is -2.04. The van der Waals surface area contributed by atoms with Gasteiger partial charge in [0.15, 0.2) is 0 Å². The minimum absolute atomic E-state index is 0.194. The highest BCUT2D eigenvalue weighted by molar-refractivity contribution is 7.99. The van der Waals surface area contributed by atoms with Gasteiger partial charge in [-0.2, -0.15) is 11.8 Å². The molecule has 4 N–H and O–H groups in total. The van der Waals surface area contributed by atoms with Gasteiger partial charge >= 0.3 is 0 Å². The van der Waals surface area contributed by atoms with Crippen LogP contribution in [0, 0.1) is 0 Å². The molecule has 1 unspecified atom stereocenters. The Hall–Kier alpha value is 0.270. The van der Waals surface area contributed by atoms with Crippen LogP contribution < -0.4 is 11.5 Å². The zero-order valence-electron chi connectivity index (χ0n) is 5.26. The molecular formula is C5H14N2S. The SMILES string of the molecule is CCSCC(N)CN. The highest BCUT2D eigenvalue weighted by Gasteiger charge is 1.95. The molecule has 0 aromatic heterocycles. The summed E-state index contributed by atoms with van der Waals surface area (Å²) < 4.78 is 0. The Labute approximate surface area is 55.0 Å². The van der Waals surface area contributed by atoms with Gasteiger partial charge in [0, 0.05) is 18.3 Å². The summed E-state index contributed by atoms with van der Waals surface area (Å²) in [5, 5.41) is 0. The molecule has 0 aromatic rings. The van der Waals surface area contributed by atoms with E-state index in [2.05, 4.69) is 6.92 Å². The molecule has 50 valence electrons. The minimum Gasteiger partial charge on any atom is -0.329 e. The average Bonchev–Trinajstić information content (AvgIpc) is 1.83. The highest BCUT2D eigenvalue weighted by atomic mass is 32.2. The van der Waals surface area contributed by atoms with E-state index in [9.17, 15) is 0 Å². The lowest BCUT2D eigenvalue weighted by atomic mass is 10.4. The van der Waals surface area contributed by atoms with Crippen molar-refractivity contribution in [2.75, 3.05) is 18.1 Å². The second-order valence-corrected chi connectivity index (χ2v) is 2.97. The van der Waals surface area contributed by atoms with Crippen molar-refractivity contribution in [1.82, 2.24) is 0 Å². The molecule has 0 bridgehead atoms. The van der Waals surface area contributed by atoms with Crippen LogP contribution in [-0.2, 0) is 0 Å². The van der Waals surface area contributed by atoms with Crippen molar-refractivity contribution in [3.8, 4) is 0 Å². The first-order valence-electron chi connectivity index (χ1n) is 2.84. The van der Waals surface area contributed by atoms with E-state index >= 15 is 0 Å². The van der Waals surface area contributed by atoms with Crippen molar-refractivity contribution in [2.45, 2.75) is 13.0 Å². The molecule has 0 aliphatic carbocycles. The van der Waals surface area contributed by atoms with E-state index in [1.807, 2.05) is 11.8 Å². The summed E-state index contributed by atoms with van der Waals surface area (Å²) in [6, 6.07) is 0.194. The van der Waals surface area contributed by atoms with Gasteiger partial charge in [-0.05, 0) is 5.75 Å². The van der Waals surface area contributed by atoms with Crippen LogP contribution in [0.15, 0.2) is 0 Å². The van der Waals surface area contributed by atoms with Gasteiger partial charge < -0.3 is 11.5 Å². The molecule has 0 amide bonds. The Bertz CT molecular complexity index is 49.7. The Morgan fingerprint density at radius 1 is 1.62 bits per heavy atom. The van der Waals surface area contributed by atoms with E-state index in [0.29, 0.717) is 6.54 Å². The fourth-order valence-electron chi connectivity index (χ4n) is 0.337. The van der Waals surface area contributed by atoms with E-state index in [4.69, 9.17) is 11.5 Å². The molecule has 3 heteroatoms. The van der Waals surface area contributed by atoms with Crippen LogP contribution in [0.2, 0.25) is 0 Å². The molecule has 1 atom stereocenters. The summed E-state index contributed by atoms with van der Waals surface area (Å²) in [6.45, 7) is 2.72. The van der Waals surface area contributed by atoms with Crippen molar-refractivity contribution in [2.24, 2.45) is 11.5 Å². The van der Waals surface area contributed by atoms with Gasteiger partial charge in [0.2, 0.25) is 0 Å². The lowest BCUT2D eigenvalue weighted by molar-refractivity contribution is 0.763. The molecule has 0 radical (unpaired) electrons. The molecule has 0 aliphatic heterocycles. The van der Waals surface area contributed by atoms with Crippen molar-refractivity contribution >= 4 is 11.8 Å². The molecule has 0 rings (SSSR count). The van der Waals surface area contributed by atoms with E-state index < -0.39 is 0 Å². The van der Waals surface area contributed by atoms with Gasteiger partial charge in [-0.3, -0.25) is 0 Å². The van der Waals surface area contributed by atoms with Gasteiger partial charge in [0.25, 0.3) is 0 Å². The number of rotatable bonds is 4. The van der Waals surface area contributed by atoms with Crippen LogP contribution in [0.5, 0.6) is 0 Å². The van der Waals surface area contributed by atoms with Crippen LogP contribution in [0.1, 0.15) is 6.92 Å². The molecule has 8 heavy (non-hydrogen) atoms. The quantitative estimate of drug-likeness (QED) is 0.570. The van der Waals surface area contributed by atoms with Crippen LogP contribution >= 0.6 is 11.8 Å². The summed E-state index contributed by atoms with van der Waals surface area (Å²) in [4.78, 5) is 0. The number of nitrogens with two attached hydrogens (primary N) is 2. The molecule has 0 aliphatic rings. The van der Waals surface area contributed by atoms with Gasteiger partial charge in [0.05, 0.1) is 0 Å². The van der Waals surface area contributed by atoms with Crippen molar-refractivity contribution in [1.29, 1.82) is 0 Å². The molecule has 2 nitrogen and oxygen atoms in total. The fourth-order valence-corrected chi connectivity index (χ4v) is 1.01. The smallest absolute Gasteiger partial charge is 0.0255 e. The second kappa shape index (κ2) is 5.41. The summed E-state index contributed by atoms with van der Waals surface area (Å²) >= 11 is 1.84. The summed E-state index contributed by atoms with van der Waals surface area (Å²) in [7, 11) is 0. The first kappa shape index (κ1) is 8.27. The maximum atomic E-state index is 5.51. The van der Waals surface area contributed by atoms with Gasteiger partial charge in [-0.25, -0.2) is 0 Å². The van der Waals surface area contributed by atoms with Crippen molar-refractivity contribution < 1.29 is 0 Å². The zero-order valence-corrected chi connectivity index (χ0v) is 6.08. The normalized spacial score (nSPS) is 13.9. The third kappa shape index (κ3) is 4.43. The number of hydrogen-bond acceptors (Lipinski definition) is 3. The topological polar surface area (TPSA) is 52.0 Å². The summed E-state index contributed by atoms with van der Waals surface area (Å²) in [5.41, 5.74) is 10.8. The number of hydrogen-bond donors (Lipinski definition) is 2. The Kier molecular flexibility index (Phi) is 5.59. The van der Waals surface area contributed by atoms with E-state index in [-0.39, 0.29) is 6.04 Å². The van der Waals surface area contributed by atoms with Crippen LogP contribution in [-0.4, -0.2) is 24.1 Å². The molecule has 0 spiro atoms. The Morgan fingerprint density at radius 2 is 2.25 bits per heavy atom. The molecule has 0 fully saturated rings. The predicted molar refractivity (Wildman–Crippen MR) is 40.0 cm³/mol. The standard InChI is InChI=1S/C5H14N2S/c1-2-8-4-5(7)3-6/h5H,2-4,6-7H2,1H3. The lowest BCUT2D eigenvalue weighted by Crippen LogP contribution is -2.31. The second-order valence-electron chi connectivity index (χ2n) is 1.66. The predicted octanol–water partition coefficient (Wildman–Crippen LogP) is 0.0255. The third-order valence-electron chi connectivity index (χ3n) is 0.839. The Balaban J connectivity index is 2.86. The first-order chi connectivity index (χ1) is 3.81. The minimum atomic E-state index is 0.194. The van der Waals surface area contributed by atoms with Crippen molar-refractivity contribution in [3.05, 3.63) is 0 Å². The first-order valence-corrected chi connectivity index (χ1v) is 4.00. The summed E-state index contributed by atoms with van der Waals surface area (Å²) in [5.74, 6) is 2.13. The Morgan fingerprint density at radius 3 is 2.62 bits per heavy atom. The van der Waals surface area contributed by atoms with Gasteiger partial charge in [-0.15, -0.1) is 0 Å². The zero-order chi connectivity index (χ0) is 6.41. The molecular weight excluding hydrogens is 120 g/mol. The highest BCUT2D eigenvalue weighted by Crippen LogP contribution is 1.98. The average molecular weight is 134 g/mol. The van der Waals surface area contributed by atoms with E-state index in [0.717, 1.165) is 11.5 Å². The number of thioether (sulfide) groups is 1. The van der Waals surface area contributed by atoms with Gasteiger partial charge in [0.1, 0.15) is 0 Å². The van der Waals surface area contributed by atoms with E-state index in [1.165, 1.54) is 0 Å². The maximum absolute atomic E-state index is 5.51. The largest absolute Gasteiger partial charge is 0.329 e. The van der Waals surface area contributed by atoms with E-state index in [1.54, 1.807) is 0 Å². The fraction of sp³-hybridized carbons (Fsp3) is 1.00. The van der Waals surface area contributed by atoms with Gasteiger partial charge in [-0.1, -0.05) is 6.92 Å². The molecule has 0 heterocycles. The summed E-state index contributed by atoms with van der Waals surface area (Å²) in [6.07, 6.45) is 0. The van der Waals surface area contributed by atoms with Crippen LogP contribution in [0.25, 0.3) is 0 Å². The molecule has 0 saturated heterocycles. The molecule has 0 saturated carbocycles.